The van der Waals surface area contributed by atoms with Crippen LogP contribution in [0, 0.1) is 0 Å². The summed E-state index contributed by atoms with van der Waals surface area (Å²) in [5.74, 6) is 0.0847. The Labute approximate surface area is 175 Å². The summed E-state index contributed by atoms with van der Waals surface area (Å²) in [6, 6.07) is 11.5. The largest absolute Gasteiger partial charge is 0.497 e. The van der Waals surface area contributed by atoms with Crippen molar-refractivity contribution in [1.29, 1.82) is 0 Å². The van der Waals surface area contributed by atoms with Crippen molar-refractivity contribution in [3.63, 3.8) is 0 Å². The summed E-state index contributed by atoms with van der Waals surface area (Å²) in [6.45, 7) is 3.30. The lowest BCUT2D eigenvalue weighted by atomic mass is 10.1. The summed E-state index contributed by atoms with van der Waals surface area (Å²) >= 11 is 0. The molecule has 2 amide bonds. The van der Waals surface area contributed by atoms with E-state index in [9.17, 15) is 9.59 Å². The molecule has 1 aromatic heterocycles. The number of piperazine rings is 1. The van der Waals surface area contributed by atoms with E-state index in [1.54, 1.807) is 13.4 Å². The van der Waals surface area contributed by atoms with E-state index in [1.807, 2.05) is 36.4 Å². The lowest BCUT2D eigenvalue weighted by Gasteiger charge is -2.39. The molecule has 2 aromatic rings. The first-order valence-electron chi connectivity index (χ1n) is 9.95. The topological polar surface area (TPSA) is 107 Å². The summed E-state index contributed by atoms with van der Waals surface area (Å²) in [7, 11) is 1.65. The number of nitrogens with zero attached hydrogens (tertiary/aromatic N) is 2. The van der Waals surface area contributed by atoms with Crippen LogP contribution in [0.5, 0.6) is 5.75 Å². The Morgan fingerprint density at radius 3 is 2.40 bits per heavy atom. The second-order valence-electron chi connectivity index (χ2n) is 6.94. The van der Waals surface area contributed by atoms with Crippen molar-refractivity contribution in [2.24, 2.45) is 0 Å². The molecule has 0 bridgehead atoms. The maximum Gasteiger partial charge on any atom is 0.309 e. The van der Waals surface area contributed by atoms with E-state index in [1.165, 1.54) is 0 Å². The number of benzene rings is 1. The highest BCUT2D eigenvalue weighted by atomic mass is 16.5. The molecule has 162 valence electrons. The van der Waals surface area contributed by atoms with Gasteiger partial charge in [-0.1, -0.05) is 0 Å². The predicted molar refractivity (Wildman–Crippen MR) is 111 cm³/mol. The number of rotatable bonds is 8. The lowest BCUT2D eigenvalue weighted by molar-refractivity contribution is -0.139. The van der Waals surface area contributed by atoms with E-state index < -0.39 is 11.8 Å². The van der Waals surface area contributed by atoms with Gasteiger partial charge in [-0.15, -0.1) is 0 Å². The number of hydrogen-bond donors (Lipinski definition) is 3. The number of aliphatic hydroxyl groups is 1. The van der Waals surface area contributed by atoms with Crippen LogP contribution in [-0.4, -0.2) is 74.8 Å². The highest BCUT2D eigenvalue weighted by Gasteiger charge is 2.28. The fourth-order valence-electron chi connectivity index (χ4n) is 3.49. The zero-order chi connectivity index (χ0) is 21.3. The van der Waals surface area contributed by atoms with E-state index >= 15 is 0 Å². The van der Waals surface area contributed by atoms with Crippen molar-refractivity contribution in [2.45, 2.75) is 6.04 Å². The van der Waals surface area contributed by atoms with Gasteiger partial charge in [-0.05, 0) is 36.4 Å². The third-order valence-corrected chi connectivity index (χ3v) is 5.12. The normalized spacial score (nSPS) is 15.5. The Hall–Kier alpha value is -3.04. The summed E-state index contributed by atoms with van der Waals surface area (Å²) in [5.41, 5.74) is 1.14. The second kappa shape index (κ2) is 10.7. The molecule has 0 spiro atoms. The van der Waals surface area contributed by atoms with E-state index in [0.717, 1.165) is 43.4 Å². The molecule has 1 aromatic carbocycles. The number of aliphatic hydroxyl groups excluding tert-OH is 1. The van der Waals surface area contributed by atoms with Gasteiger partial charge in [-0.3, -0.25) is 14.5 Å². The standard InChI is InChI=1S/C21H28N4O5/c1-29-17-6-4-16(5-7-17)24-9-11-25(12-10-24)18(19-3-2-14-30-19)15-23-21(28)20(27)22-8-13-26/h2-7,14,18,26H,8-13,15H2,1H3,(H,22,27)(H,23,28)/t18-/m1/s1. The zero-order valence-electron chi connectivity index (χ0n) is 17.0. The average Bonchev–Trinajstić information content (AvgIpc) is 3.32. The number of amides is 2. The number of anilines is 1. The van der Waals surface area contributed by atoms with Gasteiger partial charge < -0.3 is 29.8 Å². The summed E-state index contributed by atoms with van der Waals surface area (Å²) in [6.07, 6.45) is 1.60. The summed E-state index contributed by atoms with van der Waals surface area (Å²) in [4.78, 5) is 28.3. The van der Waals surface area contributed by atoms with E-state index in [2.05, 4.69) is 20.4 Å². The minimum absolute atomic E-state index is 0.0428. The number of nitrogens with one attached hydrogen (secondary N) is 2. The zero-order valence-corrected chi connectivity index (χ0v) is 17.0. The van der Waals surface area contributed by atoms with Gasteiger partial charge in [0.15, 0.2) is 0 Å². The third kappa shape index (κ3) is 5.52. The Balaban J connectivity index is 1.58. The van der Waals surface area contributed by atoms with Crippen LogP contribution in [0.25, 0.3) is 0 Å². The second-order valence-corrected chi connectivity index (χ2v) is 6.94. The van der Waals surface area contributed by atoms with E-state index in [-0.39, 0.29) is 25.7 Å². The Bertz CT molecular complexity index is 801. The first-order valence-corrected chi connectivity index (χ1v) is 9.95. The van der Waals surface area contributed by atoms with Crippen LogP contribution < -0.4 is 20.3 Å². The van der Waals surface area contributed by atoms with Gasteiger partial charge in [0.25, 0.3) is 0 Å². The SMILES string of the molecule is COc1ccc(N2CCN([C@H](CNC(=O)C(=O)NCCO)c3ccco3)CC2)cc1. The number of furan rings is 1. The van der Waals surface area contributed by atoms with Gasteiger partial charge in [0.1, 0.15) is 11.5 Å². The number of methoxy groups -OCH3 is 1. The molecule has 3 N–H and O–H groups in total. The van der Waals surface area contributed by atoms with Crippen LogP contribution >= 0.6 is 0 Å². The van der Waals surface area contributed by atoms with Gasteiger partial charge in [-0.2, -0.15) is 0 Å². The van der Waals surface area contributed by atoms with E-state index in [4.69, 9.17) is 14.3 Å². The Kier molecular flexibility index (Phi) is 7.69. The molecule has 1 saturated heterocycles. The van der Waals surface area contributed by atoms with Gasteiger partial charge in [0.2, 0.25) is 0 Å². The molecule has 0 radical (unpaired) electrons. The van der Waals surface area contributed by atoms with Crippen LogP contribution in [0.3, 0.4) is 0 Å². The summed E-state index contributed by atoms with van der Waals surface area (Å²) < 4.78 is 10.8. The van der Waals surface area contributed by atoms with Crippen molar-refractivity contribution < 1.29 is 23.8 Å². The Morgan fingerprint density at radius 1 is 1.10 bits per heavy atom. The van der Waals surface area contributed by atoms with Crippen molar-refractivity contribution in [3.8, 4) is 5.75 Å². The van der Waals surface area contributed by atoms with E-state index in [0.29, 0.717) is 0 Å². The molecule has 0 unspecified atom stereocenters. The van der Waals surface area contributed by atoms with Crippen LogP contribution in [0.15, 0.2) is 47.1 Å². The molecule has 0 aliphatic carbocycles. The molecular formula is C21H28N4O5. The monoisotopic (exact) mass is 416 g/mol. The van der Waals surface area contributed by atoms with Crippen LogP contribution in [0.1, 0.15) is 11.8 Å². The number of hydrogen-bond acceptors (Lipinski definition) is 7. The first-order chi connectivity index (χ1) is 14.6. The van der Waals surface area contributed by atoms with Crippen molar-refractivity contribution in [1.82, 2.24) is 15.5 Å². The smallest absolute Gasteiger partial charge is 0.309 e. The highest BCUT2D eigenvalue weighted by molar-refractivity contribution is 6.35. The number of ether oxygens (including phenoxy) is 1. The van der Waals surface area contributed by atoms with Crippen LogP contribution in [0.4, 0.5) is 5.69 Å². The minimum Gasteiger partial charge on any atom is -0.497 e. The van der Waals surface area contributed by atoms with Gasteiger partial charge in [0, 0.05) is 45.0 Å². The molecule has 1 atom stereocenters. The molecule has 2 heterocycles. The number of carbonyl (C=O) groups is 2. The molecule has 9 heteroatoms. The molecule has 1 fully saturated rings. The fourth-order valence-corrected chi connectivity index (χ4v) is 3.49. The third-order valence-electron chi connectivity index (χ3n) is 5.12. The van der Waals surface area contributed by atoms with Crippen LogP contribution in [-0.2, 0) is 9.59 Å². The number of carbonyl (C=O) groups excluding carboxylic acids is 2. The molecule has 30 heavy (non-hydrogen) atoms. The molecule has 1 aliphatic rings. The average molecular weight is 416 g/mol. The van der Waals surface area contributed by atoms with Gasteiger partial charge >= 0.3 is 11.8 Å². The summed E-state index contributed by atoms with van der Waals surface area (Å²) in [5, 5.41) is 13.8. The molecule has 3 rings (SSSR count). The lowest BCUT2D eigenvalue weighted by Crippen LogP contribution is -2.50. The molecular weight excluding hydrogens is 388 g/mol. The van der Waals surface area contributed by atoms with Crippen molar-refractivity contribution in [3.05, 3.63) is 48.4 Å². The van der Waals surface area contributed by atoms with Crippen molar-refractivity contribution >= 4 is 17.5 Å². The van der Waals surface area contributed by atoms with Gasteiger partial charge in [-0.25, -0.2) is 0 Å². The predicted octanol–water partition coefficient (Wildman–Crippen LogP) is 0.376. The van der Waals surface area contributed by atoms with Gasteiger partial charge in [0.05, 0.1) is 26.0 Å². The van der Waals surface area contributed by atoms with Crippen molar-refractivity contribution in [2.75, 3.05) is 57.9 Å². The maximum atomic E-state index is 12.0. The molecule has 1 aliphatic heterocycles. The first kappa shape index (κ1) is 21.7. The fraction of sp³-hybridized carbons (Fsp3) is 0.429. The minimum atomic E-state index is -0.758. The molecule has 0 saturated carbocycles. The maximum absolute atomic E-state index is 12.0. The highest BCUT2D eigenvalue weighted by Crippen LogP contribution is 2.25. The quantitative estimate of drug-likeness (QED) is 0.534. The Morgan fingerprint density at radius 2 is 1.80 bits per heavy atom. The molecule has 9 nitrogen and oxygen atoms in total. The van der Waals surface area contributed by atoms with Crippen LogP contribution in [0.2, 0.25) is 0 Å².